The quantitative estimate of drug-likeness (QED) is 0.307. The molecule has 0 aliphatic carbocycles. The van der Waals surface area contributed by atoms with Crippen molar-refractivity contribution in [1.29, 1.82) is 5.26 Å². The topological polar surface area (TPSA) is 113 Å². The monoisotopic (exact) mass is 436 g/mol. The highest BCUT2D eigenvalue weighted by atomic mass is 79.9. The summed E-state index contributed by atoms with van der Waals surface area (Å²) in [5.74, 6) is -0.957. The number of aliphatic carboxylic acids is 1. The van der Waals surface area contributed by atoms with Crippen molar-refractivity contribution in [2.75, 3.05) is 6.61 Å². The van der Waals surface area contributed by atoms with E-state index >= 15 is 0 Å². The summed E-state index contributed by atoms with van der Waals surface area (Å²) >= 11 is 9.36. The van der Waals surface area contributed by atoms with Crippen molar-refractivity contribution in [2.45, 2.75) is 0 Å². The van der Waals surface area contributed by atoms with Gasteiger partial charge in [0.15, 0.2) is 12.4 Å². The maximum absolute atomic E-state index is 10.7. The van der Waals surface area contributed by atoms with Crippen LogP contribution in [-0.2, 0) is 4.79 Å². The maximum Gasteiger partial charge on any atom is 0.341 e. The van der Waals surface area contributed by atoms with Crippen LogP contribution in [0.4, 0.5) is 5.69 Å². The summed E-state index contributed by atoms with van der Waals surface area (Å²) in [5.41, 5.74) is 1.29. The van der Waals surface area contributed by atoms with Crippen LogP contribution in [0.2, 0.25) is 5.02 Å². The summed E-state index contributed by atoms with van der Waals surface area (Å²) in [4.78, 5) is 20.8. The second-order valence-corrected chi connectivity index (χ2v) is 6.23. The molecule has 2 aromatic rings. The lowest BCUT2D eigenvalue weighted by Gasteiger charge is -2.09. The predicted molar refractivity (Wildman–Crippen MR) is 98.9 cm³/mol. The van der Waals surface area contributed by atoms with Crippen LogP contribution in [0.15, 0.2) is 40.9 Å². The molecule has 0 saturated heterocycles. The van der Waals surface area contributed by atoms with Crippen LogP contribution in [0.25, 0.3) is 11.6 Å². The molecule has 2 rings (SSSR count). The lowest BCUT2D eigenvalue weighted by Crippen LogP contribution is -2.10. The number of rotatable bonds is 6. The molecule has 132 valence electrons. The van der Waals surface area contributed by atoms with Gasteiger partial charge in [-0.1, -0.05) is 11.6 Å². The first-order valence-corrected chi connectivity index (χ1v) is 8.19. The van der Waals surface area contributed by atoms with Gasteiger partial charge in [-0.25, -0.2) is 4.79 Å². The lowest BCUT2D eigenvalue weighted by atomic mass is 10.0. The summed E-state index contributed by atoms with van der Waals surface area (Å²) < 4.78 is 5.54. The fraction of sp³-hybridized carbons (Fsp3) is 0.0588. The standard InChI is InChI=1S/C17H10BrClN2O5/c18-14-6-10(7-15(19)17(14)26-9-16(22)23)5-12(8-20)11-1-3-13(4-2-11)21(24)25/h1-7H,9H2,(H,22,23)/b12-5-. The van der Waals surface area contributed by atoms with Crippen LogP contribution in [0, 0.1) is 21.4 Å². The molecule has 0 aliphatic heterocycles. The zero-order valence-electron chi connectivity index (χ0n) is 13.0. The van der Waals surface area contributed by atoms with E-state index in [0.717, 1.165) is 0 Å². The van der Waals surface area contributed by atoms with E-state index in [2.05, 4.69) is 15.9 Å². The van der Waals surface area contributed by atoms with E-state index in [1.807, 2.05) is 6.07 Å². The average Bonchev–Trinajstić information content (AvgIpc) is 2.58. The highest BCUT2D eigenvalue weighted by molar-refractivity contribution is 9.10. The first-order chi connectivity index (χ1) is 12.3. The maximum atomic E-state index is 10.7. The molecule has 7 nitrogen and oxygen atoms in total. The number of carboxylic acid groups (broad SMARTS) is 1. The smallest absolute Gasteiger partial charge is 0.341 e. The Morgan fingerprint density at radius 2 is 2.04 bits per heavy atom. The first kappa shape index (κ1) is 19.4. The molecule has 2 aromatic carbocycles. The van der Waals surface area contributed by atoms with Crippen LogP contribution in [0.5, 0.6) is 5.75 Å². The molecule has 0 radical (unpaired) electrons. The minimum Gasteiger partial charge on any atom is -0.479 e. The minimum absolute atomic E-state index is 0.0724. The van der Waals surface area contributed by atoms with Crippen molar-refractivity contribution in [3.8, 4) is 11.8 Å². The second-order valence-electron chi connectivity index (χ2n) is 4.97. The molecule has 0 heterocycles. The fourth-order valence-electron chi connectivity index (χ4n) is 2.04. The summed E-state index contributed by atoms with van der Waals surface area (Å²) in [6.45, 7) is -0.542. The number of halogens is 2. The SMILES string of the molecule is N#C/C(=C/c1cc(Cl)c(OCC(=O)O)c(Br)c1)c1ccc([N+](=O)[O-])cc1. The Balaban J connectivity index is 2.35. The van der Waals surface area contributed by atoms with Crippen LogP contribution < -0.4 is 4.74 Å². The number of ether oxygens (including phenoxy) is 1. The summed E-state index contributed by atoms with van der Waals surface area (Å²) in [7, 11) is 0. The summed E-state index contributed by atoms with van der Waals surface area (Å²) in [6, 6.07) is 10.8. The van der Waals surface area contributed by atoms with Crippen molar-refractivity contribution < 1.29 is 19.6 Å². The van der Waals surface area contributed by atoms with Crippen molar-refractivity contribution in [3.63, 3.8) is 0 Å². The van der Waals surface area contributed by atoms with Gasteiger partial charge >= 0.3 is 5.97 Å². The normalized spacial score (nSPS) is 10.9. The number of benzene rings is 2. The Kier molecular flexibility index (Phi) is 6.33. The Bertz CT molecular complexity index is 912. The van der Waals surface area contributed by atoms with E-state index in [0.29, 0.717) is 15.6 Å². The van der Waals surface area contributed by atoms with Crippen LogP contribution in [0.1, 0.15) is 11.1 Å². The zero-order valence-corrected chi connectivity index (χ0v) is 15.3. The minimum atomic E-state index is -1.14. The molecule has 0 aromatic heterocycles. The Hall–Kier alpha value is -2.89. The molecular weight excluding hydrogens is 428 g/mol. The van der Waals surface area contributed by atoms with Gasteiger partial charge in [0, 0.05) is 12.1 Å². The van der Waals surface area contributed by atoms with Gasteiger partial charge in [-0.15, -0.1) is 0 Å². The van der Waals surface area contributed by atoms with E-state index < -0.39 is 17.5 Å². The zero-order chi connectivity index (χ0) is 19.3. The molecule has 0 unspecified atom stereocenters. The van der Waals surface area contributed by atoms with Gasteiger partial charge in [-0.3, -0.25) is 10.1 Å². The number of carbonyl (C=O) groups is 1. The molecule has 0 amide bonds. The van der Waals surface area contributed by atoms with E-state index in [1.165, 1.54) is 30.3 Å². The molecule has 0 saturated carbocycles. The largest absolute Gasteiger partial charge is 0.479 e. The highest BCUT2D eigenvalue weighted by Crippen LogP contribution is 2.35. The number of nitriles is 1. The van der Waals surface area contributed by atoms with Gasteiger partial charge in [0.2, 0.25) is 0 Å². The first-order valence-electron chi connectivity index (χ1n) is 7.02. The third kappa shape index (κ3) is 4.81. The molecule has 0 spiro atoms. The van der Waals surface area contributed by atoms with Crippen molar-refractivity contribution in [3.05, 3.63) is 67.1 Å². The molecule has 0 atom stereocenters. The second kappa shape index (κ2) is 8.47. The van der Waals surface area contributed by atoms with Gasteiger partial charge in [-0.05, 0) is 57.4 Å². The average molecular weight is 438 g/mol. The van der Waals surface area contributed by atoms with Crippen molar-refractivity contribution in [1.82, 2.24) is 0 Å². The van der Waals surface area contributed by atoms with Gasteiger partial charge in [0.05, 0.1) is 26.1 Å². The number of non-ortho nitro benzene ring substituents is 1. The molecule has 0 bridgehead atoms. The van der Waals surface area contributed by atoms with Crippen LogP contribution >= 0.6 is 27.5 Å². The highest BCUT2D eigenvalue weighted by Gasteiger charge is 2.12. The van der Waals surface area contributed by atoms with E-state index in [9.17, 15) is 20.2 Å². The van der Waals surface area contributed by atoms with E-state index in [4.69, 9.17) is 21.4 Å². The molecule has 0 aliphatic rings. The number of carboxylic acids is 1. The van der Waals surface area contributed by atoms with E-state index in [-0.39, 0.29) is 22.0 Å². The predicted octanol–water partition coefficient (Wildman–Crippen LogP) is 4.54. The van der Waals surface area contributed by atoms with E-state index in [1.54, 1.807) is 12.1 Å². The van der Waals surface area contributed by atoms with Gasteiger partial charge < -0.3 is 9.84 Å². The Labute approximate surface area is 161 Å². The van der Waals surface area contributed by atoms with Crippen molar-refractivity contribution in [2.24, 2.45) is 0 Å². The summed E-state index contributed by atoms with van der Waals surface area (Å²) in [6.07, 6.45) is 1.55. The van der Waals surface area contributed by atoms with Crippen molar-refractivity contribution >= 4 is 50.8 Å². The number of allylic oxidation sites excluding steroid dienone is 1. The lowest BCUT2D eigenvalue weighted by molar-refractivity contribution is -0.384. The molecule has 9 heteroatoms. The molecular formula is C17H10BrClN2O5. The number of hydrogen-bond acceptors (Lipinski definition) is 5. The fourth-order valence-corrected chi connectivity index (χ4v) is 3.03. The number of nitro benzene ring substituents is 1. The Morgan fingerprint density at radius 3 is 2.54 bits per heavy atom. The summed E-state index contributed by atoms with van der Waals surface area (Å²) in [5, 5.41) is 28.9. The third-order valence-electron chi connectivity index (χ3n) is 3.18. The number of nitrogens with zero attached hydrogens (tertiary/aromatic N) is 2. The van der Waals surface area contributed by atoms with Gasteiger partial charge in [0.1, 0.15) is 0 Å². The van der Waals surface area contributed by atoms with Gasteiger partial charge in [-0.2, -0.15) is 5.26 Å². The van der Waals surface area contributed by atoms with Crippen LogP contribution in [0.3, 0.4) is 0 Å². The van der Waals surface area contributed by atoms with Crippen LogP contribution in [-0.4, -0.2) is 22.6 Å². The third-order valence-corrected chi connectivity index (χ3v) is 4.05. The van der Waals surface area contributed by atoms with Gasteiger partial charge in [0.25, 0.3) is 5.69 Å². The molecule has 26 heavy (non-hydrogen) atoms. The molecule has 1 N–H and O–H groups in total. The Morgan fingerprint density at radius 1 is 1.38 bits per heavy atom. The number of hydrogen-bond donors (Lipinski definition) is 1. The number of nitro groups is 1. The molecule has 0 fully saturated rings.